The van der Waals surface area contributed by atoms with E-state index in [2.05, 4.69) is 0 Å². The summed E-state index contributed by atoms with van der Waals surface area (Å²) in [5, 5.41) is 8.54. The first-order chi connectivity index (χ1) is 10.5. The van der Waals surface area contributed by atoms with Crippen LogP contribution < -0.4 is 0 Å². The zero-order valence-electron chi connectivity index (χ0n) is 11.6. The van der Waals surface area contributed by atoms with Crippen LogP contribution >= 0.6 is 11.8 Å². The molecule has 2 rings (SSSR count). The fraction of sp³-hybridized carbons (Fsp3) is 0.429. The van der Waals surface area contributed by atoms with Crippen LogP contribution in [0.5, 0.6) is 0 Å². The average Bonchev–Trinajstić information content (AvgIpc) is 2.49. The topological polar surface area (TPSA) is 66.8 Å². The van der Waals surface area contributed by atoms with Gasteiger partial charge in [-0.25, -0.2) is 8.78 Å². The minimum absolute atomic E-state index is 0.0663. The standard InChI is InChI=1S/C14H15F2NO4S/c15-10-2-1-9(5-11(10)16)12-6-17(3-4-21-12)13(18)7-22-8-14(19)20/h1-2,5,12H,3-4,6-8H2,(H,19,20). The zero-order chi connectivity index (χ0) is 16.1. The van der Waals surface area contributed by atoms with E-state index in [1.54, 1.807) is 4.90 Å². The molecule has 1 aromatic carbocycles. The lowest BCUT2D eigenvalue weighted by Gasteiger charge is -2.33. The van der Waals surface area contributed by atoms with E-state index in [1.165, 1.54) is 6.07 Å². The van der Waals surface area contributed by atoms with Crippen molar-refractivity contribution >= 4 is 23.6 Å². The number of aliphatic carboxylic acids is 1. The van der Waals surface area contributed by atoms with E-state index in [1.807, 2.05) is 0 Å². The molecule has 1 N–H and O–H groups in total. The average molecular weight is 331 g/mol. The van der Waals surface area contributed by atoms with Gasteiger partial charge in [-0.05, 0) is 17.7 Å². The molecule has 0 aliphatic carbocycles. The third-order valence-electron chi connectivity index (χ3n) is 3.19. The van der Waals surface area contributed by atoms with Crippen molar-refractivity contribution in [1.29, 1.82) is 0 Å². The Hall–Kier alpha value is -1.67. The van der Waals surface area contributed by atoms with E-state index in [9.17, 15) is 18.4 Å². The van der Waals surface area contributed by atoms with Crippen molar-refractivity contribution in [3.63, 3.8) is 0 Å². The highest BCUT2D eigenvalue weighted by Gasteiger charge is 2.26. The number of benzene rings is 1. The molecule has 1 saturated heterocycles. The van der Waals surface area contributed by atoms with Crippen LogP contribution in [-0.2, 0) is 14.3 Å². The Balaban J connectivity index is 1.94. The van der Waals surface area contributed by atoms with Gasteiger partial charge >= 0.3 is 5.97 Å². The molecule has 1 fully saturated rings. The molecule has 1 atom stereocenters. The summed E-state index contributed by atoms with van der Waals surface area (Å²) in [5.74, 6) is -3.12. The first-order valence-corrected chi connectivity index (χ1v) is 7.76. The Morgan fingerprint density at radius 2 is 2.09 bits per heavy atom. The van der Waals surface area contributed by atoms with Crippen molar-refractivity contribution in [1.82, 2.24) is 4.90 Å². The summed E-state index contributed by atoms with van der Waals surface area (Å²) < 4.78 is 31.7. The SMILES string of the molecule is O=C(O)CSCC(=O)N1CCOC(c2ccc(F)c(F)c2)C1. The number of halogens is 2. The van der Waals surface area contributed by atoms with Crippen molar-refractivity contribution in [3.8, 4) is 0 Å². The van der Waals surface area contributed by atoms with Gasteiger partial charge in [-0.2, -0.15) is 0 Å². The second-order valence-corrected chi connectivity index (χ2v) is 5.74. The lowest BCUT2D eigenvalue weighted by Crippen LogP contribution is -2.43. The number of thioether (sulfide) groups is 1. The molecule has 1 unspecified atom stereocenters. The Morgan fingerprint density at radius 1 is 1.32 bits per heavy atom. The first kappa shape index (κ1) is 16.7. The van der Waals surface area contributed by atoms with Gasteiger partial charge in [0.25, 0.3) is 0 Å². The number of carbonyl (C=O) groups excluding carboxylic acids is 1. The van der Waals surface area contributed by atoms with Crippen LogP contribution in [0.15, 0.2) is 18.2 Å². The molecule has 5 nitrogen and oxygen atoms in total. The van der Waals surface area contributed by atoms with E-state index in [4.69, 9.17) is 9.84 Å². The monoisotopic (exact) mass is 331 g/mol. The van der Waals surface area contributed by atoms with E-state index in [0.717, 1.165) is 23.9 Å². The lowest BCUT2D eigenvalue weighted by molar-refractivity contribution is -0.136. The molecule has 0 aromatic heterocycles. The maximum atomic E-state index is 13.3. The normalized spacial score (nSPS) is 18.3. The fourth-order valence-corrected chi connectivity index (χ4v) is 2.74. The van der Waals surface area contributed by atoms with Gasteiger partial charge in [0.15, 0.2) is 11.6 Å². The number of carbonyl (C=O) groups is 2. The molecule has 120 valence electrons. The van der Waals surface area contributed by atoms with Gasteiger partial charge in [-0.3, -0.25) is 9.59 Å². The van der Waals surface area contributed by atoms with E-state index in [0.29, 0.717) is 18.7 Å². The maximum absolute atomic E-state index is 13.3. The number of amides is 1. The molecule has 1 aliphatic rings. The van der Waals surface area contributed by atoms with Crippen molar-refractivity contribution in [2.45, 2.75) is 6.10 Å². The predicted molar refractivity (Wildman–Crippen MR) is 76.6 cm³/mol. The molecule has 1 aromatic rings. The summed E-state index contributed by atoms with van der Waals surface area (Å²) in [7, 11) is 0. The second-order valence-electron chi connectivity index (χ2n) is 4.76. The molecule has 1 heterocycles. The maximum Gasteiger partial charge on any atom is 0.313 e. The second kappa shape index (κ2) is 7.55. The molecular formula is C14H15F2NO4S. The number of carboxylic acid groups (broad SMARTS) is 1. The Morgan fingerprint density at radius 3 is 2.77 bits per heavy atom. The van der Waals surface area contributed by atoms with Crippen LogP contribution in [-0.4, -0.2) is 53.1 Å². The highest BCUT2D eigenvalue weighted by molar-refractivity contribution is 8.00. The molecule has 1 aliphatic heterocycles. The smallest absolute Gasteiger partial charge is 0.313 e. The van der Waals surface area contributed by atoms with Gasteiger partial charge in [0.05, 0.1) is 24.7 Å². The Kier molecular flexibility index (Phi) is 5.73. The number of morpholine rings is 1. The quantitative estimate of drug-likeness (QED) is 0.889. The molecule has 0 bridgehead atoms. The minimum atomic E-state index is -0.973. The summed E-state index contributed by atoms with van der Waals surface area (Å²) >= 11 is 1.02. The summed E-state index contributed by atoms with van der Waals surface area (Å²) in [5.41, 5.74) is 0.467. The van der Waals surface area contributed by atoms with Crippen molar-refractivity contribution in [2.24, 2.45) is 0 Å². The molecule has 1 amide bonds. The molecule has 0 saturated carbocycles. The summed E-state index contributed by atoms with van der Waals surface area (Å²) in [4.78, 5) is 24.0. The first-order valence-electron chi connectivity index (χ1n) is 6.61. The summed E-state index contributed by atoms with van der Waals surface area (Å²) in [6.07, 6.45) is -0.516. The van der Waals surface area contributed by atoms with Crippen LogP contribution in [0.4, 0.5) is 8.78 Å². The van der Waals surface area contributed by atoms with Gasteiger partial charge in [-0.1, -0.05) is 6.07 Å². The van der Waals surface area contributed by atoms with Crippen molar-refractivity contribution < 1.29 is 28.2 Å². The van der Waals surface area contributed by atoms with Crippen LogP contribution in [0.1, 0.15) is 11.7 Å². The Bertz CT molecular complexity index is 570. The van der Waals surface area contributed by atoms with Gasteiger partial charge in [0, 0.05) is 6.54 Å². The number of hydrogen-bond acceptors (Lipinski definition) is 4. The number of ether oxygens (including phenoxy) is 1. The van der Waals surface area contributed by atoms with Gasteiger partial charge in [0.2, 0.25) is 5.91 Å². The minimum Gasteiger partial charge on any atom is -0.481 e. The van der Waals surface area contributed by atoms with Gasteiger partial charge < -0.3 is 14.7 Å². The van der Waals surface area contributed by atoms with Gasteiger partial charge in [-0.15, -0.1) is 11.8 Å². The zero-order valence-corrected chi connectivity index (χ0v) is 12.4. The summed E-state index contributed by atoms with van der Waals surface area (Å²) in [6.45, 7) is 0.920. The fourth-order valence-electron chi connectivity index (χ4n) is 2.11. The van der Waals surface area contributed by atoms with Crippen molar-refractivity contribution in [2.75, 3.05) is 31.2 Å². The number of hydrogen-bond donors (Lipinski definition) is 1. The van der Waals surface area contributed by atoms with Crippen LogP contribution in [0.25, 0.3) is 0 Å². The molecule has 0 radical (unpaired) electrons. The molecule has 22 heavy (non-hydrogen) atoms. The number of nitrogens with zero attached hydrogens (tertiary/aromatic N) is 1. The summed E-state index contributed by atoms with van der Waals surface area (Å²) in [6, 6.07) is 3.51. The molecular weight excluding hydrogens is 316 g/mol. The molecule has 8 heteroatoms. The van der Waals surface area contributed by atoms with Gasteiger partial charge in [0.1, 0.15) is 6.10 Å². The molecule has 0 spiro atoms. The number of carboxylic acids is 1. The van der Waals surface area contributed by atoms with E-state index in [-0.39, 0.29) is 24.0 Å². The van der Waals surface area contributed by atoms with Crippen LogP contribution in [0, 0.1) is 11.6 Å². The van der Waals surface area contributed by atoms with Crippen molar-refractivity contribution in [3.05, 3.63) is 35.4 Å². The number of rotatable bonds is 5. The van der Waals surface area contributed by atoms with E-state index >= 15 is 0 Å². The van der Waals surface area contributed by atoms with Crippen LogP contribution in [0.2, 0.25) is 0 Å². The lowest BCUT2D eigenvalue weighted by atomic mass is 10.1. The van der Waals surface area contributed by atoms with Crippen LogP contribution in [0.3, 0.4) is 0 Å². The third kappa shape index (κ3) is 4.41. The highest BCUT2D eigenvalue weighted by atomic mass is 32.2. The third-order valence-corrected chi connectivity index (χ3v) is 4.09. The predicted octanol–water partition coefficient (Wildman–Crippen LogP) is 1.68. The largest absolute Gasteiger partial charge is 0.481 e. The Labute approximate surface area is 130 Å². The highest BCUT2D eigenvalue weighted by Crippen LogP contribution is 2.24. The van der Waals surface area contributed by atoms with E-state index < -0.39 is 23.7 Å².